The first-order valence-corrected chi connectivity index (χ1v) is 12.4. The van der Waals surface area contributed by atoms with Gasteiger partial charge >= 0.3 is 0 Å². The van der Waals surface area contributed by atoms with Gasteiger partial charge in [-0.1, -0.05) is 19.8 Å². The number of nitro benzene ring substituents is 1. The number of hydrogen-bond donors (Lipinski definition) is 4. The molecule has 39 heavy (non-hydrogen) atoms. The Balaban J connectivity index is 2.70. The Morgan fingerprint density at radius 2 is 1.77 bits per heavy atom. The van der Waals surface area contributed by atoms with Crippen molar-refractivity contribution in [3.63, 3.8) is 0 Å². The maximum Gasteiger partial charge on any atom is 0.269 e. The van der Waals surface area contributed by atoms with Gasteiger partial charge in [0.1, 0.15) is 11.5 Å². The Morgan fingerprint density at radius 3 is 2.31 bits per heavy atom. The second kappa shape index (κ2) is 15.1. The highest BCUT2D eigenvalue weighted by Gasteiger charge is 2.27. The van der Waals surface area contributed by atoms with Crippen LogP contribution >= 0.6 is 0 Å². The van der Waals surface area contributed by atoms with Crippen LogP contribution in [0.3, 0.4) is 0 Å². The van der Waals surface area contributed by atoms with E-state index in [9.17, 15) is 24.5 Å². The van der Waals surface area contributed by atoms with Crippen molar-refractivity contribution < 1.29 is 34.0 Å². The molecule has 0 fully saturated rings. The van der Waals surface area contributed by atoms with Gasteiger partial charge in [0.25, 0.3) is 11.6 Å². The predicted octanol–water partition coefficient (Wildman–Crippen LogP) is 3.31. The number of nitrogens with zero attached hydrogens (tertiary/aromatic N) is 1. The highest BCUT2D eigenvalue weighted by molar-refractivity contribution is 6.24. The van der Waals surface area contributed by atoms with Gasteiger partial charge in [0, 0.05) is 36.7 Å². The lowest BCUT2D eigenvalue weighted by Gasteiger charge is -2.20. The molecular formula is C27H34N4O8. The van der Waals surface area contributed by atoms with Gasteiger partial charge in [-0.2, -0.15) is 0 Å². The molecule has 210 valence electrons. The van der Waals surface area contributed by atoms with Crippen LogP contribution in [0.25, 0.3) is 11.6 Å². The second-order valence-corrected chi connectivity index (χ2v) is 8.72. The Kier molecular flexibility index (Phi) is 11.9. The first kappa shape index (κ1) is 30.8. The number of primary amides is 1. The van der Waals surface area contributed by atoms with Crippen LogP contribution < -0.4 is 26.0 Å². The number of carbonyl (C=O) groups excluding carboxylic acids is 3. The minimum atomic E-state index is -0.871. The molecular weight excluding hydrogens is 508 g/mol. The monoisotopic (exact) mass is 542 g/mol. The molecule has 0 saturated carbocycles. The van der Waals surface area contributed by atoms with E-state index in [1.54, 1.807) is 24.3 Å². The van der Waals surface area contributed by atoms with E-state index in [4.69, 9.17) is 20.4 Å². The number of amides is 3. The average molecular weight is 543 g/mol. The number of hydroxylamine groups is 1. The minimum absolute atomic E-state index is 0.0214. The van der Waals surface area contributed by atoms with E-state index in [0.29, 0.717) is 35.5 Å². The van der Waals surface area contributed by atoms with Gasteiger partial charge in [-0.05, 0) is 53.8 Å². The Labute approximate surface area is 226 Å². The maximum atomic E-state index is 13.5. The van der Waals surface area contributed by atoms with Crippen LogP contribution in [0.15, 0.2) is 36.4 Å². The SMILES string of the molecule is CCCCC(C(N)=O)c1cc([N+](=O)[O-])ccc1C(=Cc1cc(OC)cc(OC)c1)C(=O)NCCCC(=O)NO. The fourth-order valence-corrected chi connectivity index (χ4v) is 4.00. The molecule has 1 atom stereocenters. The van der Waals surface area contributed by atoms with Gasteiger partial charge in [-0.3, -0.25) is 29.7 Å². The molecule has 0 aliphatic rings. The average Bonchev–Trinajstić information content (AvgIpc) is 2.93. The number of hydrogen-bond acceptors (Lipinski definition) is 8. The van der Waals surface area contributed by atoms with Crippen LogP contribution in [0.1, 0.15) is 61.6 Å². The van der Waals surface area contributed by atoms with Gasteiger partial charge in [0.05, 0.1) is 25.1 Å². The summed E-state index contributed by atoms with van der Waals surface area (Å²) < 4.78 is 10.7. The second-order valence-electron chi connectivity index (χ2n) is 8.72. The van der Waals surface area contributed by atoms with Crippen molar-refractivity contribution in [2.45, 2.75) is 44.9 Å². The molecule has 0 aliphatic carbocycles. The van der Waals surface area contributed by atoms with Crippen molar-refractivity contribution in [1.29, 1.82) is 0 Å². The summed E-state index contributed by atoms with van der Waals surface area (Å²) in [7, 11) is 2.97. The van der Waals surface area contributed by atoms with Crippen LogP contribution in [0.2, 0.25) is 0 Å². The molecule has 1 unspecified atom stereocenters. The van der Waals surface area contributed by atoms with Gasteiger partial charge in [0.15, 0.2) is 0 Å². The van der Waals surface area contributed by atoms with Crippen molar-refractivity contribution in [2.75, 3.05) is 20.8 Å². The molecule has 5 N–H and O–H groups in total. The van der Waals surface area contributed by atoms with Crippen molar-refractivity contribution in [1.82, 2.24) is 10.8 Å². The number of rotatable bonds is 15. The van der Waals surface area contributed by atoms with Crippen molar-refractivity contribution in [2.24, 2.45) is 5.73 Å². The van der Waals surface area contributed by atoms with E-state index in [0.717, 1.165) is 6.42 Å². The fraction of sp³-hybridized carbons (Fsp3) is 0.370. The van der Waals surface area contributed by atoms with Crippen molar-refractivity contribution in [3.8, 4) is 11.5 Å². The zero-order valence-corrected chi connectivity index (χ0v) is 22.2. The van der Waals surface area contributed by atoms with Crippen LogP contribution in [-0.4, -0.2) is 48.6 Å². The summed E-state index contributed by atoms with van der Waals surface area (Å²) in [6.45, 7) is 2.04. The van der Waals surface area contributed by atoms with Gasteiger partial charge in [0.2, 0.25) is 11.8 Å². The molecule has 2 rings (SSSR count). The quantitative estimate of drug-likeness (QED) is 0.0660. The van der Waals surface area contributed by atoms with Crippen LogP contribution in [0, 0.1) is 10.1 Å². The first-order chi connectivity index (χ1) is 18.6. The summed E-state index contributed by atoms with van der Waals surface area (Å²) in [5.41, 5.74) is 8.23. The molecule has 0 aliphatic heterocycles. The van der Waals surface area contributed by atoms with Gasteiger partial charge < -0.3 is 20.5 Å². The summed E-state index contributed by atoms with van der Waals surface area (Å²) in [5.74, 6) is -1.74. The summed E-state index contributed by atoms with van der Waals surface area (Å²) in [6.07, 6.45) is 3.53. The topological polar surface area (TPSA) is 183 Å². The highest BCUT2D eigenvalue weighted by Crippen LogP contribution is 2.34. The molecule has 0 heterocycles. The zero-order valence-electron chi connectivity index (χ0n) is 22.2. The Morgan fingerprint density at radius 1 is 1.10 bits per heavy atom. The first-order valence-electron chi connectivity index (χ1n) is 12.4. The molecule has 0 bridgehead atoms. The maximum absolute atomic E-state index is 13.5. The van der Waals surface area contributed by atoms with Crippen LogP contribution in [0.4, 0.5) is 5.69 Å². The number of nitrogens with two attached hydrogens (primary N) is 1. The van der Waals surface area contributed by atoms with E-state index in [-0.39, 0.29) is 36.2 Å². The molecule has 3 amide bonds. The highest BCUT2D eigenvalue weighted by atomic mass is 16.6. The summed E-state index contributed by atoms with van der Waals surface area (Å²) in [5, 5.41) is 23.0. The third kappa shape index (κ3) is 8.82. The Hall–Kier alpha value is -4.45. The molecule has 0 radical (unpaired) electrons. The van der Waals surface area contributed by atoms with E-state index < -0.39 is 28.6 Å². The predicted molar refractivity (Wildman–Crippen MR) is 144 cm³/mol. The van der Waals surface area contributed by atoms with Crippen LogP contribution in [-0.2, 0) is 14.4 Å². The lowest BCUT2D eigenvalue weighted by atomic mass is 9.85. The number of unbranched alkanes of at least 4 members (excludes halogenated alkanes) is 1. The van der Waals surface area contributed by atoms with E-state index in [1.807, 2.05) is 6.92 Å². The molecule has 12 nitrogen and oxygen atoms in total. The molecule has 0 saturated heterocycles. The van der Waals surface area contributed by atoms with Crippen LogP contribution in [0.5, 0.6) is 11.5 Å². The molecule has 0 spiro atoms. The van der Waals surface area contributed by atoms with E-state index >= 15 is 0 Å². The normalized spacial score (nSPS) is 11.8. The molecule has 0 aromatic heterocycles. The summed E-state index contributed by atoms with van der Waals surface area (Å²) in [6, 6.07) is 8.98. The number of benzene rings is 2. The van der Waals surface area contributed by atoms with Crippen molar-refractivity contribution in [3.05, 3.63) is 63.2 Å². The van der Waals surface area contributed by atoms with Crippen molar-refractivity contribution >= 4 is 35.1 Å². The summed E-state index contributed by atoms with van der Waals surface area (Å²) in [4.78, 5) is 48.3. The zero-order chi connectivity index (χ0) is 28.9. The lowest BCUT2D eigenvalue weighted by Crippen LogP contribution is -2.28. The van der Waals surface area contributed by atoms with Gasteiger partial charge in [-0.15, -0.1) is 0 Å². The third-order valence-electron chi connectivity index (χ3n) is 6.02. The lowest BCUT2D eigenvalue weighted by molar-refractivity contribution is -0.384. The Bertz CT molecular complexity index is 1210. The number of carbonyl (C=O) groups is 3. The number of ether oxygens (including phenoxy) is 2. The van der Waals surface area contributed by atoms with E-state index in [1.165, 1.54) is 37.9 Å². The van der Waals surface area contributed by atoms with Gasteiger partial charge in [-0.25, -0.2) is 5.48 Å². The standard InChI is InChI=1S/C27H34N4O8/c1-4-5-7-22(26(28)33)23-15-18(31(36)37)9-10-21(23)24(27(34)29-11-6-8-25(32)30-35)14-17-12-19(38-2)16-20(13-17)39-3/h9-10,12-16,22,35H,4-8,11H2,1-3H3,(H2,28,33)(H,29,34)(H,30,32). The van der Waals surface area contributed by atoms with E-state index in [2.05, 4.69) is 5.32 Å². The minimum Gasteiger partial charge on any atom is -0.497 e. The molecule has 12 heteroatoms. The fourth-order valence-electron chi connectivity index (χ4n) is 4.00. The smallest absolute Gasteiger partial charge is 0.269 e. The number of non-ortho nitro benzene ring substituents is 1. The molecule has 2 aromatic carbocycles. The summed E-state index contributed by atoms with van der Waals surface area (Å²) >= 11 is 0. The third-order valence-corrected chi connectivity index (χ3v) is 6.02. The largest absolute Gasteiger partial charge is 0.497 e. The molecule has 2 aromatic rings. The number of methoxy groups -OCH3 is 2. The number of nitrogens with one attached hydrogen (secondary N) is 2. The number of nitro groups is 1.